The van der Waals surface area contributed by atoms with Gasteiger partial charge in [-0.1, -0.05) is 23.8 Å². The molecule has 0 aromatic heterocycles. The molecule has 128 valence electrons. The molecule has 0 atom stereocenters. The molecule has 0 aliphatic heterocycles. The first-order valence-corrected chi connectivity index (χ1v) is 9.41. The quantitative estimate of drug-likeness (QED) is 0.841. The van der Waals surface area contributed by atoms with Crippen molar-refractivity contribution in [1.29, 1.82) is 0 Å². The third-order valence-electron chi connectivity index (χ3n) is 3.76. The van der Waals surface area contributed by atoms with E-state index < -0.39 is 15.7 Å². The lowest BCUT2D eigenvalue weighted by Gasteiger charge is -2.09. The van der Waals surface area contributed by atoms with Crippen LogP contribution in [0.15, 0.2) is 41.3 Å². The van der Waals surface area contributed by atoms with Crippen molar-refractivity contribution < 1.29 is 17.6 Å². The van der Waals surface area contributed by atoms with Crippen molar-refractivity contribution in [2.45, 2.75) is 31.6 Å². The van der Waals surface area contributed by atoms with Gasteiger partial charge < -0.3 is 5.32 Å². The molecule has 0 aliphatic carbocycles. The first-order chi connectivity index (χ1) is 11.2. The Kier molecular flexibility index (Phi) is 5.39. The molecule has 0 heterocycles. The van der Waals surface area contributed by atoms with Crippen LogP contribution in [0.5, 0.6) is 0 Å². The van der Waals surface area contributed by atoms with Crippen LogP contribution in [0.25, 0.3) is 0 Å². The van der Waals surface area contributed by atoms with Crippen molar-refractivity contribution in [3.05, 3.63) is 58.9 Å². The maximum absolute atomic E-state index is 13.8. The van der Waals surface area contributed by atoms with Crippen molar-refractivity contribution in [2.24, 2.45) is 0 Å². The summed E-state index contributed by atoms with van der Waals surface area (Å²) in [5, 5.41) is 2.45. The third-order valence-corrected chi connectivity index (χ3v) is 4.87. The van der Waals surface area contributed by atoms with Gasteiger partial charge in [0, 0.05) is 12.7 Å². The van der Waals surface area contributed by atoms with Gasteiger partial charge in [0.2, 0.25) is 5.91 Å². The summed E-state index contributed by atoms with van der Waals surface area (Å²) in [5.74, 6) is -1.03. The first-order valence-electron chi connectivity index (χ1n) is 7.52. The molecule has 2 aromatic rings. The number of hydrogen-bond donors (Lipinski definition) is 1. The monoisotopic (exact) mass is 349 g/mol. The Bertz CT molecular complexity index is 876. The number of aryl methyl sites for hydroxylation is 3. The van der Waals surface area contributed by atoms with Crippen LogP contribution in [-0.4, -0.2) is 20.6 Å². The van der Waals surface area contributed by atoms with Crippen LogP contribution < -0.4 is 5.32 Å². The Balaban J connectivity index is 2.07. The SMILES string of the molecule is Cc1ccc(CCC(=O)Nc2cc(S(C)(=O)=O)ccc2F)c(C)c1. The molecule has 0 spiro atoms. The predicted molar refractivity (Wildman–Crippen MR) is 92.4 cm³/mol. The van der Waals surface area contributed by atoms with Gasteiger partial charge in [-0.25, -0.2) is 12.8 Å². The van der Waals surface area contributed by atoms with Gasteiger partial charge in [-0.05, 0) is 49.6 Å². The van der Waals surface area contributed by atoms with E-state index in [2.05, 4.69) is 5.32 Å². The summed E-state index contributed by atoms with van der Waals surface area (Å²) in [6.07, 6.45) is 1.75. The molecular formula is C18H20FNO3S. The summed E-state index contributed by atoms with van der Waals surface area (Å²) in [6, 6.07) is 9.35. The van der Waals surface area contributed by atoms with Gasteiger partial charge in [-0.2, -0.15) is 0 Å². The zero-order valence-electron chi connectivity index (χ0n) is 13.9. The summed E-state index contributed by atoms with van der Waals surface area (Å²) in [7, 11) is -3.46. The summed E-state index contributed by atoms with van der Waals surface area (Å²) in [6.45, 7) is 3.98. The van der Waals surface area contributed by atoms with Crippen molar-refractivity contribution >= 4 is 21.4 Å². The highest BCUT2D eigenvalue weighted by molar-refractivity contribution is 7.90. The van der Waals surface area contributed by atoms with Crippen molar-refractivity contribution in [3.8, 4) is 0 Å². The number of benzene rings is 2. The highest BCUT2D eigenvalue weighted by Crippen LogP contribution is 2.20. The molecule has 1 amide bonds. The molecule has 4 nitrogen and oxygen atoms in total. The van der Waals surface area contributed by atoms with Crippen molar-refractivity contribution in [1.82, 2.24) is 0 Å². The van der Waals surface area contributed by atoms with E-state index in [0.717, 1.165) is 35.1 Å². The number of rotatable bonds is 5. The van der Waals surface area contributed by atoms with E-state index >= 15 is 0 Å². The predicted octanol–water partition coefficient (Wildman–Crippen LogP) is 3.42. The van der Waals surface area contributed by atoms with E-state index in [1.54, 1.807) is 0 Å². The number of carbonyl (C=O) groups excluding carboxylic acids is 1. The van der Waals surface area contributed by atoms with Crippen LogP contribution in [-0.2, 0) is 21.1 Å². The summed E-state index contributed by atoms with van der Waals surface area (Å²) < 4.78 is 36.8. The Morgan fingerprint density at radius 1 is 1.12 bits per heavy atom. The average Bonchev–Trinajstić information content (AvgIpc) is 2.47. The summed E-state index contributed by atoms with van der Waals surface area (Å²) in [5.41, 5.74) is 3.19. The zero-order chi connectivity index (χ0) is 17.9. The van der Waals surface area contributed by atoms with E-state index in [-0.39, 0.29) is 22.9 Å². The van der Waals surface area contributed by atoms with Gasteiger partial charge in [-0.15, -0.1) is 0 Å². The molecule has 0 radical (unpaired) electrons. The summed E-state index contributed by atoms with van der Waals surface area (Å²) in [4.78, 5) is 12.0. The third kappa shape index (κ3) is 4.64. The molecule has 0 saturated carbocycles. The van der Waals surface area contributed by atoms with Gasteiger partial charge in [0.25, 0.3) is 0 Å². The number of anilines is 1. The fraction of sp³-hybridized carbons (Fsp3) is 0.278. The molecule has 2 rings (SSSR count). The number of hydrogen-bond acceptors (Lipinski definition) is 3. The summed E-state index contributed by atoms with van der Waals surface area (Å²) >= 11 is 0. The fourth-order valence-electron chi connectivity index (χ4n) is 2.42. The molecule has 2 aromatic carbocycles. The van der Waals surface area contributed by atoms with Crippen LogP contribution in [0.2, 0.25) is 0 Å². The van der Waals surface area contributed by atoms with E-state index in [4.69, 9.17) is 0 Å². The zero-order valence-corrected chi connectivity index (χ0v) is 14.7. The van der Waals surface area contributed by atoms with Crippen LogP contribution in [0, 0.1) is 19.7 Å². The minimum atomic E-state index is -3.46. The second-order valence-electron chi connectivity index (χ2n) is 5.89. The van der Waals surface area contributed by atoms with Crippen molar-refractivity contribution in [2.75, 3.05) is 11.6 Å². The van der Waals surface area contributed by atoms with Gasteiger partial charge in [0.15, 0.2) is 9.84 Å². The second kappa shape index (κ2) is 7.13. The van der Waals surface area contributed by atoms with Crippen LogP contribution >= 0.6 is 0 Å². The molecule has 6 heteroatoms. The lowest BCUT2D eigenvalue weighted by Crippen LogP contribution is -2.14. The maximum Gasteiger partial charge on any atom is 0.224 e. The largest absolute Gasteiger partial charge is 0.324 e. The number of sulfone groups is 1. The number of halogens is 1. The topological polar surface area (TPSA) is 63.2 Å². The Hall–Kier alpha value is -2.21. The standard InChI is InChI=1S/C18H20FNO3S/c1-12-4-5-14(13(2)10-12)6-9-18(21)20-17-11-15(24(3,22)23)7-8-16(17)19/h4-5,7-8,10-11H,6,9H2,1-3H3,(H,20,21). The Morgan fingerprint density at radius 3 is 2.46 bits per heavy atom. The molecule has 0 fully saturated rings. The van der Waals surface area contributed by atoms with E-state index in [1.165, 1.54) is 6.07 Å². The highest BCUT2D eigenvalue weighted by atomic mass is 32.2. The van der Waals surface area contributed by atoms with Gasteiger partial charge in [-0.3, -0.25) is 4.79 Å². The van der Waals surface area contributed by atoms with E-state index in [9.17, 15) is 17.6 Å². The minimum absolute atomic E-state index is 0.0337. The molecule has 0 unspecified atom stereocenters. The minimum Gasteiger partial charge on any atom is -0.324 e. The maximum atomic E-state index is 13.8. The lowest BCUT2D eigenvalue weighted by atomic mass is 10.0. The Morgan fingerprint density at radius 2 is 1.83 bits per heavy atom. The number of amides is 1. The lowest BCUT2D eigenvalue weighted by molar-refractivity contribution is -0.116. The van der Waals surface area contributed by atoms with E-state index in [1.807, 2.05) is 32.0 Å². The van der Waals surface area contributed by atoms with Crippen LogP contribution in [0.4, 0.5) is 10.1 Å². The second-order valence-corrected chi connectivity index (χ2v) is 7.91. The van der Waals surface area contributed by atoms with Gasteiger partial charge in [0.1, 0.15) is 5.82 Å². The molecule has 1 N–H and O–H groups in total. The molecule has 0 saturated heterocycles. The normalized spacial score (nSPS) is 11.3. The average molecular weight is 349 g/mol. The number of carbonyl (C=O) groups is 1. The van der Waals surface area contributed by atoms with Gasteiger partial charge >= 0.3 is 0 Å². The first kappa shape index (κ1) is 18.1. The highest BCUT2D eigenvalue weighted by Gasteiger charge is 2.13. The van der Waals surface area contributed by atoms with Gasteiger partial charge in [0.05, 0.1) is 10.6 Å². The van der Waals surface area contributed by atoms with Crippen LogP contribution in [0.1, 0.15) is 23.1 Å². The molecular weight excluding hydrogens is 329 g/mol. The van der Waals surface area contributed by atoms with E-state index in [0.29, 0.717) is 6.42 Å². The molecule has 0 bridgehead atoms. The molecule has 24 heavy (non-hydrogen) atoms. The smallest absolute Gasteiger partial charge is 0.224 e. The van der Waals surface area contributed by atoms with Crippen LogP contribution in [0.3, 0.4) is 0 Å². The number of nitrogens with one attached hydrogen (secondary N) is 1. The molecule has 0 aliphatic rings. The van der Waals surface area contributed by atoms with Crippen molar-refractivity contribution in [3.63, 3.8) is 0 Å². The fourth-order valence-corrected chi connectivity index (χ4v) is 3.07. The Labute approximate surface area is 141 Å².